The van der Waals surface area contributed by atoms with Gasteiger partial charge in [-0.15, -0.1) is 0 Å². The number of para-hydroxylation sites is 1. The molecule has 1 saturated heterocycles. The fraction of sp³-hybridized carbons (Fsp3) is 0.400. The number of aliphatic hydroxyl groups is 1. The second kappa shape index (κ2) is 6.93. The summed E-state index contributed by atoms with van der Waals surface area (Å²) >= 11 is 0. The minimum absolute atomic E-state index is 0.00704. The molecule has 0 spiro atoms. The SMILES string of the molecule is O=C(Nc1ccccc1C#CCO)C1CCOCC1. The second-order valence-electron chi connectivity index (χ2n) is 4.38. The monoisotopic (exact) mass is 259 g/mol. The van der Waals surface area contributed by atoms with E-state index in [1.165, 1.54) is 0 Å². The van der Waals surface area contributed by atoms with Crippen LogP contribution in [0.25, 0.3) is 0 Å². The molecule has 19 heavy (non-hydrogen) atoms. The first-order valence-corrected chi connectivity index (χ1v) is 6.38. The lowest BCUT2D eigenvalue weighted by Crippen LogP contribution is -2.28. The number of hydrogen-bond acceptors (Lipinski definition) is 3. The van der Waals surface area contributed by atoms with E-state index in [0.717, 1.165) is 18.4 Å². The summed E-state index contributed by atoms with van der Waals surface area (Å²) in [5, 5.41) is 11.6. The molecule has 0 saturated carbocycles. The molecule has 1 heterocycles. The molecule has 1 fully saturated rings. The van der Waals surface area contributed by atoms with E-state index in [1.54, 1.807) is 0 Å². The molecule has 4 nitrogen and oxygen atoms in total. The van der Waals surface area contributed by atoms with E-state index in [2.05, 4.69) is 17.2 Å². The van der Waals surface area contributed by atoms with Crippen LogP contribution in [0.5, 0.6) is 0 Å². The normalized spacial score (nSPS) is 15.4. The van der Waals surface area contributed by atoms with Crippen molar-refractivity contribution in [2.75, 3.05) is 25.1 Å². The highest BCUT2D eigenvalue weighted by atomic mass is 16.5. The molecule has 0 atom stereocenters. The Balaban J connectivity index is 2.07. The van der Waals surface area contributed by atoms with E-state index in [1.807, 2.05) is 24.3 Å². The first-order chi connectivity index (χ1) is 9.31. The molecule has 1 aromatic carbocycles. The fourth-order valence-electron chi connectivity index (χ4n) is 2.03. The number of carbonyl (C=O) groups is 1. The van der Waals surface area contributed by atoms with Crippen LogP contribution in [0.4, 0.5) is 5.69 Å². The first kappa shape index (κ1) is 13.6. The van der Waals surface area contributed by atoms with E-state index in [-0.39, 0.29) is 18.4 Å². The van der Waals surface area contributed by atoms with Crippen molar-refractivity contribution in [1.82, 2.24) is 0 Å². The fourth-order valence-corrected chi connectivity index (χ4v) is 2.03. The number of ether oxygens (including phenoxy) is 1. The predicted molar refractivity (Wildman–Crippen MR) is 72.6 cm³/mol. The van der Waals surface area contributed by atoms with Crippen molar-refractivity contribution >= 4 is 11.6 Å². The number of amides is 1. The highest BCUT2D eigenvalue weighted by molar-refractivity contribution is 5.93. The summed E-state index contributed by atoms with van der Waals surface area (Å²) in [4.78, 5) is 12.1. The van der Waals surface area contributed by atoms with E-state index < -0.39 is 0 Å². The summed E-state index contributed by atoms with van der Waals surface area (Å²) in [7, 11) is 0. The van der Waals surface area contributed by atoms with Crippen molar-refractivity contribution in [2.24, 2.45) is 5.92 Å². The maximum atomic E-state index is 12.1. The van der Waals surface area contributed by atoms with E-state index >= 15 is 0 Å². The van der Waals surface area contributed by atoms with E-state index in [0.29, 0.717) is 18.9 Å². The highest BCUT2D eigenvalue weighted by Crippen LogP contribution is 2.19. The standard InChI is InChI=1S/C15H17NO3/c17-9-3-5-12-4-1-2-6-14(12)16-15(18)13-7-10-19-11-8-13/h1-2,4,6,13,17H,7-11H2,(H,16,18). The van der Waals surface area contributed by atoms with Gasteiger partial charge < -0.3 is 15.2 Å². The summed E-state index contributed by atoms with van der Waals surface area (Å²) in [6.07, 6.45) is 1.52. The van der Waals surface area contributed by atoms with Crippen LogP contribution in [-0.4, -0.2) is 30.8 Å². The van der Waals surface area contributed by atoms with Gasteiger partial charge >= 0.3 is 0 Å². The predicted octanol–water partition coefficient (Wildman–Crippen LogP) is 1.40. The third-order valence-corrected chi connectivity index (χ3v) is 3.08. The Labute approximate surface area is 112 Å². The van der Waals surface area contributed by atoms with Crippen molar-refractivity contribution in [3.63, 3.8) is 0 Å². The summed E-state index contributed by atoms with van der Waals surface area (Å²) in [5.41, 5.74) is 1.41. The average Bonchev–Trinajstić information content (AvgIpc) is 2.47. The molecular formula is C15H17NO3. The Hall–Kier alpha value is -1.83. The Kier molecular flexibility index (Phi) is 4.96. The molecule has 0 bridgehead atoms. The molecule has 2 N–H and O–H groups in total. The second-order valence-corrected chi connectivity index (χ2v) is 4.38. The molecular weight excluding hydrogens is 242 g/mol. The zero-order chi connectivity index (χ0) is 13.5. The molecule has 4 heteroatoms. The minimum atomic E-state index is -0.192. The Morgan fingerprint density at radius 3 is 2.84 bits per heavy atom. The van der Waals surface area contributed by atoms with Gasteiger partial charge in [-0.2, -0.15) is 0 Å². The van der Waals surface area contributed by atoms with Crippen molar-refractivity contribution in [1.29, 1.82) is 0 Å². The number of carbonyl (C=O) groups excluding carboxylic acids is 1. The molecule has 1 aliphatic heterocycles. The molecule has 1 aliphatic rings. The minimum Gasteiger partial charge on any atom is -0.384 e. The van der Waals surface area contributed by atoms with E-state index in [4.69, 9.17) is 9.84 Å². The van der Waals surface area contributed by atoms with Crippen molar-refractivity contribution in [3.8, 4) is 11.8 Å². The van der Waals surface area contributed by atoms with Gasteiger partial charge in [0, 0.05) is 24.7 Å². The zero-order valence-electron chi connectivity index (χ0n) is 10.7. The van der Waals surface area contributed by atoms with Crippen molar-refractivity contribution in [2.45, 2.75) is 12.8 Å². The third-order valence-electron chi connectivity index (χ3n) is 3.08. The number of anilines is 1. The Morgan fingerprint density at radius 1 is 1.37 bits per heavy atom. The number of rotatable bonds is 2. The Bertz CT molecular complexity index is 496. The van der Waals surface area contributed by atoms with E-state index in [9.17, 15) is 4.79 Å². The molecule has 2 rings (SSSR count). The summed E-state index contributed by atoms with van der Waals surface area (Å²) in [5.74, 6) is 5.45. The van der Waals surface area contributed by atoms with Crippen LogP contribution in [0.2, 0.25) is 0 Å². The van der Waals surface area contributed by atoms with Crippen LogP contribution in [0.3, 0.4) is 0 Å². The van der Waals surface area contributed by atoms with Gasteiger partial charge in [0.25, 0.3) is 0 Å². The van der Waals surface area contributed by atoms with Gasteiger partial charge in [0.15, 0.2) is 0 Å². The number of aliphatic hydroxyl groups excluding tert-OH is 1. The maximum absolute atomic E-state index is 12.1. The summed E-state index contributed by atoms with van der Waals surface area (Å²) in [6, 6.07) is 7.34. The number of benzene rings is 1. The van der Waals surface area contributed by atoms with Gasteiger partial charge in [0.2, 0.25) is 5.91 Å². The lowest BCUT2D eigenvalue weighted by atomic mass is 9.99. The van der Waals surface area contributed by atoms with Gasteiger partial charge in [-0.1, -0.05) is 24.0 Å². The lowest BCUT2D eigenvalue weighted by molar-refractivity contribution is -0.122. The molecule has 0 unspecified atom stereocenters. The molecule has 0 aliphatic carbocycles. The summed E-state index contributed by atoms with van der Waals surface area (Å²) in [6.45, 7) is 1.09. The van der Waals surface area contributed by atoms with Gasteiger partial charge in [-0.05, 0) is 25.0 Å². The van der Waals surface area contributed by atoms with Gasteiger partial charge in [0.05, 0.1) is 5.69 Å². The lowest BCUT2D eigenvalue weighted by Gasteiger charge is -2.21. The van der Waals surface area contributed by atoms with Crippen molar-refractivity contribution in [3.05, 3.63) is 29.8 Å². The van der Waals surface area contributed by atoms with Crippen LogP contribution < -0.4 is 5.32 Å². The van der Waals surface area contributed by atoms with Crippen LogP contribution in [-0.2, 0) is 9.53 Å². The van der Waals surface area contributed by atoms with Crippen LogP contribution >= 0.6 is 0 Å². The molecule has 1 amide bonds. The topological polar surface area (TPSA) is 58.6 Å². The molecule has 100 valence electrons. The third kappa shape index (κ3) is 3.82. The quantitative estimate of drug-likeness (QED) is 0.789. The molecule has 1 aromatic rings. The van der Waals surface area contributed by atoms with Crippen LogP contribution in [0.1, 0.15) is 18.4 Å². The molecule has 0 radical (unpaired) electrons. The Morgan fingerprint density at radius 2 is 2.11 bits per heavy atom. The van der Waals surface area contributed by atoms with Gasteiger partial charge in [0.1, 0.15) is 6.61 Å². The number of nitrogens with one attached hydrogen (secondary N) is 1. The maximum Gasteiger partial charge on any atom is 0.227 e. The largest absolute Gasteiger partial charge is 0.384 e. The highest BCUT2D eigenvalue weighted by Gasteiger charge is 2.21. The van der Waals surface area contributed by atoms with Crippen LogP contribution in [0.15, 0.2) is 24.3 Å². The van der Waals surface area contributed by atoms with Gasteiger partial charge in [-0.25, -0.2) is 0 Å². The number of hydrogen-bond donors (Lipinski definition) is 2. The molecule has 0 aromatic heterocycles. The summed E-state index contributed by atoms with van der Waals surface area (Å²) < 4.78 is 5.25. The first-order valence-electron chi connectivity index (χ1n) is 6.38. The van der Waals surface area contributed by atoms with Crippen LogP contribution in [0, 0.1) is 17.8 Å². The van der Waals surface area contributed by atoms with Crippen molar-refractivity contribution < 1.29 is 14.6 Å². The van der Waals surface area contributed by atoms with Gasteiger partial charge in [-0.3, -0.25) is 4.79 Å². The smallest absolute Gasteiger partial charge is 0.227 e. The zero-order valence-corrected chi connectivity index (χ0v) is 10.7. The average molecular weight is 259 g/mol.